The highest BCUT2D eigenvalue weighted by Crippen LogP contribution is 2.30. The van der Waals surface area contributed by atoms with Crippen LogP contribution >= 0.6 is 0 Å². The van der Waals surface area contributed by atoms with Gasteiger partial charge in [-0.2, -0.15) is 13.2 Å². The van der Waals surface area contributed by atoms with Gasteiger partial charge in [0.25, 0.3) is 0 Å². The molecule has 2 rings (SSSR count). The van der Waals surface area contributed by atoms with Crippen LogP contribution in [0.1, 0.15) is 35.3 Å². The van der Waals surface area contributed by atoms with Crippen molar-refractivity contribution < 1.29 is 35.9 Å². The van der Waals surface area contributed by atoms with Crippen LogP contribution in [0, 0.1) is 0 Å². The Morgan fingerprint density at radius 3 is 2.41 bits per heavy atom. The van der Waals surface area contributed by atoms with E-state index in [1.807, 2.05) is 0 Å². The summed E-state index contributed by atoms with van der Waals surface area (Å²) in [5.41, 5.74) is -0.790. The molecule has 0 radical (unpaired) electrons. The molecule has 0 bridgehead atoms. The molecule has 2 aromatic rings. The molecule has 0 aromatic heterocycles. The lowest BCUT2D eigenvalue weighted by Crippen LogP contribution is -2.30. The molecule has 2 aromatic carbocycles. The number of carbonyl (C=O) groups is 1. The summed E-state index contributed by atoms with van der Waals surface area (Å²) in [4.78, 5) is 12.1. The van der Waals surface area contributed by atoms with Crippen LogP contribution in [0.15, 0.2) is 47.4 Å². The molecular weight excluding hydrogens is 411 g/mol. The predicted octanol–water partition coefficient (Wildman–Crippen LogP) is 3.76. The van der Waals surface area contributed by atoms with E-state index in [0.29, 0.717) is 0 Å². The first-order valence-corrected chi connectivity index (χ1v) is 9.96. The van der Waals surface area contributed by atoms with Gasteiger partial charge >= 0.3 is 12.1 Å². The molecule has 0 saturated heterocycles. The number of ether oxygens (including phenoxy) is 2. The molecular formula is C19H20F3NO5S. The molecule has 0 atom stereocenters. The fourth-order valence-electron chi connectivity index (χ4n) is 2.46. The number of halogens is 3. The molecule has 0 aliphatic rings. The Hall–Kier alpha value is -2.59. The zero-order valence-electron chi connectivity index (χ0n) is 15.9. The Morgan fingerprint density at radius 1 is 1.14 bits per heavy atom. The van der Waals surface area contributed by atoms with Crippen LogP contribution in [0.4, 0.5) is 13.2 Å². The number of hydrogen-bond acceptors (Lipinski definition) is 5. The molecule has 6 nitrogen and oxygen atoms in total. The molecule has 0 unspecified atom stereocenters. The van der Waals surface area contributed by atoms with Crippen LogP contribution in [-0.4, -0.2) is 27.5 Å². The number of methoxy groups -OCH3 is 1. The maximum absolute atomic E-state index is 12.8. The van der Waals surface area contributed by atoms with Gasteiger partial charge in [-0.3, -0.25) is 0 Å². The summed E-state index contributed by atoms with van der Waals surface area (Å²) in [5, 5.41) is 0. The molecule has 0 fully saturated rings. The van der Waals surface area contributed by atoms with E-state index in [-0.39, 0.29) is 27.8 Å². The van der Waals surface area contributed by atoms with Crippen molar-refractivity contribution in [2.24, 2.45) is 0 Å². The maximum Gasteiger partial charge on any atom is 0.416 e. The van der Waals surface area contributed by atoms with E-state index < -0.39 is 34.3 Å². The standard InChI is InChI=1S/C19H20F3NO5S/c1-12(2)23-29(25,26)17-10-14(7-8-16(17)27-3)18(24)28-11-13-5-4-6-15(9-13)19(20,21)22/h4-10,12,23H,11H2,1-3H3. The number of rotatable bonds is 7. The molecule has 0 spiro atoms. The van der Waals surface area contributed by atoms with Gasteiger partial charge in [0.1, 0.15) is 17.3 Å². The highest BCUT2D eigenvalue weighted by atomic mass is 32.2. The first kappa shape index (κ1) is 22.7. The minimum absolute atomic E-state index is 0.0348. The largest absolute Gasteiger partial charge is 0.495 e. The van der Waals surface area contributed by atoms with E-state index in [4.69, 9.17) is 9.47 Å². The van der Waals surface area contributed by atoms with Gasteiger partial charge in [0, 0.05) is 6.04 Å². The summed E-state index contributed by atoms with van der Waals surface area (Å²) in [5.74, 6) is -0.848. The number of carbonyl (C=O) groups excluding carboxylic acids is 1. The second-order valence-corrected chi connectivity index (χ2v) is 8.10. The normalized spacial score (nSPS) is 12.1. The van der Waals surface area contributed by atoms with Gasteiger partial charge in [0.15, 0.2) is 0 Å². The summed E-state index contributed by atoms with van der Waals surface area (Å²) in [7, 11) is -2.67. The van der Waals surface area contributed by atoms with E-state index in [9.17, 15) is 26.4 Å². The van der Waals surface area contributed by atoms with Crippen molar-refractivity contribution in [2.45, 2.75) is 37.6 Å². The van der Waals surface area contributed by atoms with Crippen molar-refractivity contribution in [3.8, 4) is 5.75 Å². The number of esters is 1. The number of hydrogen-bond donors (Lipinski definition) is 1. The zero-order chi connectivity index (χ0) is 21.8. The average Bonchev–Trinajstić information content (AvgIpc) is 2.64. The van der Waals surface area contributed by atoms with Crippen molar-refractivity contribution in [1.82, 2.24) is 4.72 Å². The molecule has 0 amide bonds. The summed E-state index contributed by atoms with van der Waals surface area (Å²) >= 11 is 0. The van der Waals surface area contributed by atoms with Gasteiger partial charge < -0.3 is 9.47 Å². The van der Waals surface area contributed by atoms with Crippen molar-refractivity contribution in [3.63, 3.8) is 0 Å². The second-order valence-electron chi connectivity index (χ2n) is 6.42. The van der Waals surface area contributed by atoms with Crippen LogP contribution in [0.25, 0.3) is 0 Å². The Morgan fingerprint density at radius 2 is 1.83 bits per heavy atom. The fourth-order valence-corrected chi connectivity index (χ4v) is 3.90. The van der Waals surface area contributed by atoms with Gasteiger partial charge in [0.2, 0.25) is 10.0 Å². The summed E-state index contributed by atoms with van der Waals surface area (Å²) in [6.45, 7) is 2.87. The molecule has 0 heterocycles. The smallest absolute Gasteiger partial charge is 0.416 e. The molecule has 158 valence electrons. The van der Waals surface area contributed by atoms with Crippen molar-refractivity contribution in [1.29, 1.82) is 0 Å². The Bertz CT molecular complexity index is 988. The van der Waals surface area contributed by atoms with Crippen LogP contribution < -0.4 is 9.46 Å². The average molecular weight is 431 g/mol. The SMILES string of the molecule is COc1ccc(C(=O)OCc2cccc(C(F)(F)F)c2)cc1S(=O)(=O)NC(C)C. The lowest BCUT2D eigenvalue weighted by Gasteiger charge is -2.14. The summed E-state index contributed by atoms with van der Waals surface area (Å²) < 4.78 is 75.7. The molecule has 0 aliphatic carbocycles. The Labute approximate surface area is 166 Å². The summed E-state index contributed by atoms with van der Waals surface area (Å²) in [6.07, 6.45) is -4.51. The topological polar surface area (TPSA) is 81.7 Å². The lowest BCUT2D eigenvalue weighted by molar-refractivity contribution is -0.137. The monoisotopic (exact) mass is 431 g/mol. The number of benzene rings is 2. The van der Waals surface area contributed by atoms with E-state index in [1.54, 1.807) is 13.8 Å². The van der Waals surface area contributed by atoms with Crippen LogP contribution in [0.2, 0.25) is 0 Å². The zero-order valence-corrected chi connectivity index (χ0v) is 16.7. The number of sulfonamides is 1. The molecule has 1 N–H and O–H groups in total. The third-order valence-corrected chi connectivity index (χ3v) is 5.38. The van der Waals surface area contributed by atoms with E-state index >= 15 is 0 Å². The van der Waals surface area contributed by atoms with Crippen molar-refractivity contribution >= 4 is 16.0 Å². The highest BCUT2D eigenvalue weighted by molar-refractivity contribution is 7.89. The Balaban J connectivity index is 2.23. The molecule has 0 saturated carbocycles. The van der Waals surface area contributed by atoms with Crippen LogP contribution in [0.3, 0.4) is 0 Å². The molecule has 0 aliphatic heterocycles. The van der Waals surface area contributed by atoms with Gasteiger partial charge in [-0.25, -0.2) is 17.9 Å². The van der Waals surface area contributed by atoms with E-state index in [1.165, 1.54) is 31.4 Å². The van der Waals surface area contributed by atoms with Gasteiger partial charge in [0.05, 0.1) is 18.2 Å². The van der Waals surface area contributed by atoms with Crippen LogP contribution in [-0.2, 0) is 27.5 Å². The quantitative estimate of drug-likeness (QED) is 0.675. The van der Waals surface area contributed by atoms with Gasteiger partial charge in [-0.15, -0.1) is 0 Å². The highest BCUT2D eigenvalue weighted by Gasteiger charge is 2.30. The molecule has 29 heavy (non-hydrogen) atoms. The fraction of sp³-hybridized carbons (Fsp3) is 0.316. The van der Waals surface area contributed by atoms with E-state index in [2.05, 4.69) is 4.72 Å². The van der Waals surface area contributed by atoms with Gasteiger partial charge in [-0.1, -0.05) is 12.1 Å². The minimum atomic E-state index is -4.51. The third-order valence-electron chi connectivity index (χ3n) is 3.70. The third kappa shape index (κ3) is 5.94. The predicted molar refractivity (Wildman–Crippen MR) is 99.0 cm³/mol. The summed E-state index contributed by atoms with van der Waals surface area (Å²) in [6, 6.07) is 7.70. The molecule has 10 heteroatoms. The van der Waals surface area contributed by atoms with Gasteiger partial charge in [-0.05, 0) is 49.7 Å². The Kier molecular flexibility index (Phi) is 6.91. The minimum Gasteiger partial charge on any atom is -0.495 e. The second kappa shape index (κ2) is 8.83. The lowest BCUT2D eigenvalue weighted by atomic mass is 10.1. The first-order chi connectivity index (χ1) is 13.4. The van der Waals surface area contributed by atoms with Crippen LogP contribution in [0.5, 0.6) is 5.75 Å². The first-order valence-electron chi connectivity index (χ1n) is 8.47. The van der Waals surface area contributed by atoms with Crippen molar-refractivity contribution in [2.75, 3.05) is 7.11 Å². The number of alkyl halides is 3. The van der Waals surface area contributed by atoms with E-state index in [0.717, 1.165) is 18.2 Å². The maximum atomic E-state index is 12.8. The number of nitrogens with one attached hydrogen (secondary N) is 1. The van der Waals surface area contributed by atoms with Crippen molar-refractivity contribution in [3.05, 3.63) is 59.2 Å².